The first-order chi connectivity index (χ1) is 14.2. The average Bonchev–Trinajstić information content (AvgIpc) is 2.72. The van der Waals surface area contributed by atoms with Crippen molar-refractivity contribution >= 4 is 29.1 Å². The zero-order valence-electron chi connectivity index (χ0n) is 15.2. The van der Waals surface area contributed by atoms with Crippen LogP contribution in [-0.2, 0) is 6.18 Å². The highest BCUT2D eigenvalue weighted by molar-refractivity contribution is 5.96. The number of hydrogen-bond donors (Lipinski definition) is 1. The molecule has 0 aliphatic carbocycles. The average molecular weight is 411 g/mol. The van der Waals surface area contributed by atoms with Crippen LogP contribution in [0.2, 0.25) is 0 Å². The minimum Gasteiger partial charge on any atom is -0.478 e. The SMILES string of the molecule is O=C(O)c1cccc(N2C(c3cccc(F)c3)=C=Cc3cc(C(F)(F)F)ccc32)c1. The predicted octanol–water partition coefficient (Wildman–Crippen LogP) is 6.35. The molecule has 3 aromatic carbocycles. The zero-order valence-corrected chi connectivity index (χ0v) is 15.2. The van der Waals surface area contributed by atoms with Gasteiger partial charge in [0.2, 0.25) is 0 Å². The molecule has 0 saturated carbocycles. The number of carbonyl (C=O) groups is 1. The molecule has 3 nitrogen and oxygen atoms in total. The van der Waals surface area contributed by atoms with Gasteiger partial charge in [-0.3, -0.25) is 0 Å². The number of rotatable bonds is 3. The predicted molar refractivity (Wildman–Crippen MR) is 105 cm³/mol. The van der Waals surface area contributed by atoms with Crippen LogP contribution >= 0.6 is 0 Å². The summed E-state index contributed by atoms with van der Waals surface area (Å²) in [7, 11) is 0. The zero-order chi connectivity index (χ0) is 21.5. The van der Waals surface area contributed by atoms with Crippen LogP contribution in [0.3, 0.4) is 0 Å². The number of benzene rings is 3. The lowest BCUT2D eigenvalue weighted by atomic mass is 10.00. The molecule has 1 aliphatic heterocycles. The standard InChI is InChI=1S/C23H13F4NO2/c24-18-5-1-3-14(12-18)20-9-7-15-11-17(23(25,26)27)8-10-21(15)28(20)19-6-2-4-16(13-19)22(29)30/h1-8,10-13H,(H,29,30). The molecule has 1 heterocycles. The normalized spacial score (nSPS) is 13.1. The monoisotopic (exact) mass is 411 g/mol. The molecule has 0 aromatic heterocycles. The fourth-order valence-electron chi connectivity index (χ4n) is 3.28. The van der Waals surface area contributed by atoms with E-state index in [4.69, 9.17) is 0 Å². The van der Waals surface area contributed by atoms with Crippen molar-refractivity contribution in [3.63, 3.8) is 0 Å². The van der Waals surface area contributed by atoms with Gasteiger partial charge in [0, 0.05) is 16.8 Å². The fourth-order valence-corrected chi connectivity index (χ4v) is 3.28. The molecule has 3 aromatic rings. The maximum Gasteiger partial charge on any atom is 0.416 e. The number of alkyl halides is 3. The molecular weight excluding hydrogens is 398 g/mol. The Balaban J connectivity index is 1.95. The minimum absolute atomic E-state index is 0.00843. The summed E-state index contributed by atoms with van der Waals surface area (Å²) in [6.45, 7) is 0. The van der Waals surface area contributed by atoms with Crippen LogP contribution in [0, 0.1) is 5.82 Å². The van der Waals surface area contributed by atoms with E-state index in [1.54, 1.807) is 17.0 Å². The highest BCUT2D eigenvalue weighted by Gasteiger charge is 2.32. The Labute approximate surface area is 168 Å². The maximum absolute atomic E-state index is 13.8. The summed E-state index contributed by atoms with van der Waals surface area (Å²) in [4.78, 5) is 13.0. The quantitative estimate of drug-likeness (QED) is 0.403. The molecule has 0 amide bonds. The third-order valence-electron chi connectivity index (χ3n) is 4.63. The van der Waals surface area contributed by atoms with E-state index >= 15 is 0 Å². The first-order valence-electron chi connectivity index (χ1n) is 8.81. The molecule has 0 unspecified atom stereocenters. The Morgan fingerprint density at radius 1 is 0.967 bits per heavy atom. The number of anilines is 2. The number of aromatic carboxylic acids is 1. The summed E-state index contributed by atoms with van der Waals surface area (Å²) in [6, 6.07) is 14.9. The van der Waals surface area contributed by atoms with Crippen molar-refractivity contribution < 1.29 is 27.5 Å². The van der Waals surface area contributed by atoms with Gasteiger partial charge in [-0.1, -0.05) is 23.9 Å². The minimum atomic E-state index is -4.51. The molecule has 0 radical (unpaired) electrons. The molecule has 150 valence electrons. The number of carboxylic acid groups (broad SMARTS) is 1. The number of halogens is 4. The van der Waals surface area contributed by atoms with Crippen LogP contribution in [0.1, 0.15) is 27.0 Å². The molecule has 0 fully saturated rings. The summed E-state index contributed by atoms with van der Waals surface area (Å²) in [5, 5.41) is 9.33. The molecule has 30 heavy (non-hydrogen) atoms. The van der Waals surface area contributed by atoms with Gasteiger partial charge in [0.05, 0.1) is 22.5 Å². The summed E-state index contributed by atoms with van der Waals surface area (Å²) in [6.07, 6.45) is -3.11. The largest absolute Gasteiger partial charge is 0.478 e. The van der Waals surface area contributed by atoms with Crippen LogP contribution < -0.4 is 4.90 Å². The Morgan fingerprint density at radius 3 is 2.43 bits per heavy atom. The Hall–Kier alpha value is -3.83. The molecule has 0 spiro atoms. The topological polar surface area (TPSA) is 40.5 Å². The molecule has 7 heteroatoms. The molecule has 1 N–H and O–H groups in total. The molecule has 0 bridgehead atoms. The second kappa shape index (κ2) is 7.21. The number of hydrogen-bond acceptors (Lipinski definition) is 2. The Bertz CT molecular complexity index is 1220. The van der Waals surface area contributed by atoms with Gasteiger partial charge in [0.15, 0.2) is 0 Å². The van der Waals surface area contributed by atoms with Crippen molar-refractivity contribution in [3.05, 3.63) is 101 Å². The summed E-state index contributed by atoms with van der Waals surface area (Å²) >= 11 is 0. The van der Waals surface area contributed by atoms with E-state index in [2.05, 4.69) is 5.73 Å². The van der Waals surface area contributed by atoms with Crippen LogP contribution in [-0.4, -0.2) is 11.1 Å². The van der Waals surface area contributed by atoms with Gasteiger partial charge in [0.1, 0.15) is 5.82 Å². The highest BCUT2D eigenvalue weighted by atomic mass is 19.4. The Morgan fingerprint density at radius 2 is 1.73 bits per heavy atom. The lowest BCUT2D eigenvalue weighted by Gasteiger charge is -2.30. The summed E-state index contributed by atoms with van der Waals surface area (Å²) in [5.41, 5.74) is 3.99. The van der Waals surface area contributed by atoms with E-state index in [0.717, 1.165) is 12.1 Å². The molecule has 1 aliphatic rings. The van der Waals surface area contributed by atoms with Gasteiger partial charge in [-0.2, -0.15) is 13.2 Å². The highest BCUT2D eigenvalue weighted by Crippen LogP contribution is 2.42. The second-order valence-corrected chi connectivity index (χ2v) is 6.61. The van der Waals surface area contributed by atoms with E-state index in [0.29, 0.717) is 22.6 Å². The van der Waals surface area contributed by atoms with Crippen LogP contribution in [0.5, 0.6) is 0 Å². The van der Waals surface area contributed by atoms with E-state index in [9.17, 15) is 27.5 Å². The van der Waals surface area contributed by atoms with Crippen LogP contribution in [0.4, 0.5) is 28.9 Å². The first kappa shape index (κ1) is 19.5. The van der Waals surface area contributed by atoms with Crippen molar-refractivity contribution in [1.29, 1.82) is 0 Å². The molecule has 4 rings (SSSR count). The van der Waals surface area contributed by atoms with Gasteiger partial charge >= 0.3 is 12.1 Å². The van der Waals surface area contributed by atoms with Gasteiger partial charge in [0.25, 0.3) is 0 Å². The van der Waals surface area contributed by atoms with Gasteiger partial charge in [-0.05, 0) is 54.6 Å². The number of carboxylic acids is 1. The lowest BCUT2D eigenvalue weighted by molar-refractivity contribution is -0.137. The van der Waals surface area contributed by atoms with Gasteiger partial charge < -0.3 is 10.0 Å². The van der Waals surface area contributed by atoms with Crippen LogP contribution in [0.15, 0.2) is 72.5 Å². The third kappa shape index (κ3) is 3.58. The number of nitrogens with zero attached hydrogens (tertiary/aromatic N) is 1. The summed E-state index contributed by atoms with van der Waals surface area (Å²) in [5.74, 6) is -1.63. The molecular formula is C23H13F4NO2. The van der Waals surface area contributed by atoms with E-state index in [1.165, 1.54) is 48.5 Å². The van der Waals surface area contributed by atoms with E-state index in [-0.39, 0.29) is 11.1 Å². The van der Waals surface area contributed by atoms with Gasteiger partial charge in [-0.25, -0.2) is 9.18 Å². The second-order valence-electron chi connectivity index (χ2n) is 6.61. The fraction of sp³-hybridized carbons (Fsp3) is 0.0435. The van der Waals surface area contributed by atoms with Crippen molar-refractivity contribution in [2.75, 3.05) is 4.90 Å². The van der Waals surface area contributed by atoms with Crippen molar-refractivity contribution in [3.8, 4) is 0 Å². The van der Waals surface area contributed by atoms with Crippen LogP contribution in [0.25, 0.3) is 11.8 Å². The van der Waals surface area contributed by atoms with Crippen molar-refractivity contribution in [2.24, 2.45) is 0 Å². The maximum atomic E-state index is 13.8. The summed E-state index contributed by atoms with van der Waals surface area (Å²) < 4.78 is 53.3. The van der Waals surface area contributed by atoms with Crippen molar-refractivity contribution in [2.45, 2.75) is 6.18 Å². The first-order valence-corrected chi connectivity index (χ1v) is 8.81. The smallest absolute Gasteiger partial charge is 0.416 e. The van der Waals surface area contributed by atoms with E-state index in [1.807, 2.05) is 0 Å². The Kier molecular flexibility index (Phi) is 4.68. The van der Waals surface area contributed by atoms with E-state index < -0.39 is 23.5 Å². The molecule has 0 saturated heterocycles. The van der Waals surface area contributed by atoms with Gasteiger partial charge in [-0.15, -0.1) is 0 Å². The third-order valence-corrected chi connectivity index (χ3v) is 4.63. The lowest BCUT2D eigenvalue weighted by Crippen LogP contribution is -2.19. The number of fused-ring (bicyclic) bond motifs is 1. The van der Waals surface area contributed by atoms with Crippen molar-refractivity contribution in [1.82, 2.24) is 0 Å². The molecule has 0 atom stereocenters.